The smallest absolute Gasteiger partial charge is 0.192 e. The first-order valence-electron chi connectivity index (χ1n) is 8.88. The summed E-state index contributed by atoms with van der Waals surface area (Å²) in [6.45, 7) is 8.40. The number of hydrogen-bond acceptors (Lipinski definition) is 5. The maximum Gasteiger partial charge on any atom is 0.192 e. The van der Waals surface area contributed by atoms with Crippen LogP contribution in [0, 0.1) is 0 Å². The molecule has 1 atom stereocenters. The van der Waals surface area contributed by atoms with E-state index < -0.39 is 0 Å². The number of ketones is 1. The number of benzene rings is 1. The van der Waals surface area contributed by atoms with E-state index >= 15 is 0 Å². The number of rotatable bonds is 8. The van der Waals surface area contributed by atoms with Crippen LogP contribution in [0.5, 0.6) is 0 Å². The lowest BCUT2D eigenvalue weighted by Crippen LogP contribution is -2.15. The van der Waals surface area contributed by atoms with Gasteiger partial charge in [0.15, 0.2) is 16.8 Å². The number of pyridine rings is 1. The quantitative estimate of drug-likeness (QED) is 0.329. The Morgan fingerprint density at radius 1 is 1.19 bits per heavy atom. The molecule has 0 unspecified atom stereocenters. The van der Waals surface area contributed by atoms with Crippen molar-refractivity contribution in [3.8, 4) is 11.4 Å². The van der Waals surface area contributed by atoms with Gasteiger partial charge in [0.1, 0.15) is 0 Å². The maximum absolute atomic E-state index is 12.8. The molecule has 6 heteroatoms. The fraction of sp³-hybridized carbons (Fsp3) is 0.238. The molecule has 0 fully saturated rings. The fourth-order valence-corrected chi connectivity index (χ4v) is 3.67. The normalized spacial score (nSPS) is 11.9. The summed E-state index contributed by atoms with van der Waals surface area (Å²) >= 11 is 1.41. The van der Waals surface area contributed by atoms with Crippen molar-refractivity contribution in [2.45, 2.75) is 37.2 Å². The molecule has 0 aliphatic carbocycles. The van der Waals surface area contributed by atoms with Crippen molar-refractivity contribution in [3.63, 3.8) is 0 Å². The number of aryl methyl sites for hydroxylation is 1. The zero-order chi connectivity index (χ0) is 19.2. The fourth-order valence-electron chi connectivity index (χ4n) is 2.74. The predicted octanol–water partition coefficient (Wildman–Crippen LogP) is 4.45. The van der Waals surface area contributed by atoms with E-state index in [0.29, 0.717) is 11.7 Å². The molecule has 2 heterocycles. The molecule has 5 nitrogen and oxygen atoms in total. The first-order valence-corrected chi connectivity index (χ1v) is 9.76. The third-order valence-electron chi connectivity index (χ3n) is 4.27. The highest BCUT2D eigenvalue weighted by Crippen LogP contribution is 2.28. The third-order valence-corrected chi connectivity index (χ3v) is 5.35. The molecule has 0 aliphatic heterocycles. The van der Waals surface area contributed by atoms with Crippen molar-refractivity contribution in [1.82, 2.24) is 19.7 Å². The Hall–Kier alpha value is -2.73. The van der Waals surface area contributed by atoms with Gasteiger partial charge < -0.3 is 0 Å². The van der Waals surface area contributed by atoms with Gasteiger partial charge in [0.25, 0.3) is 0 Å². The highest BCUT2D eigenvalue weighted by Gasteiger charge is 2.21. The molecule has 0 amide bonds. The number of Topliss-reactive ketones (excluding diaryl/α,β-unsaturated/α-hetero) is 1. The minimum atomic E-state index is -0.268. The van der Waals surface area contributed by atoms with Gasteiger partial charge in [-0.15, -0.1) is 16.8 Å². The van der Waals surface area contributed by atoms with Crippen LogP contribution in [-0.4, -0.2) is 30.8 Å². The molecule has 0 spiro atoms. The molecule has 0 N–H and O–H groups in total. The first-order chi connectivity index (χ1) is 13.1. The van der Waals surface area contributed by atoms with E-state index in [1.807, 2.05) is 47.9 Å². The van der Waals surface area contributed by atoms with Crippen molar-refractivity contribution >= 4 is 17.5 Å². The van der Waals surface area contributed by atoms with Gasteiger partial charge in [-0.3, -0.25) is 14.3 Å². The number of carbonyl (C=O) groups is 1. The molecule has 0 saturated carbocycles. The van der Waals surface area contributed by atoms with Crippen molar-refractivity contribution in [1.29, 1.82) is 0 Å². The summed E-state index contributed by atoms with van der Waals surface area (Å²) in [5.74, 6) is 0.827. The predicted molar refractivity (Wildman–Crippen MR) is 109 cm³/mol. The topological polar surface area (TPSA) is 60.7 Å². The van der Waals surface area contributed by atoms with E-state index in [2.05, 4.69) is 28.7 Å². The summed E-state index contributed by atoms with van der Waals surface area (Å²) < 4.78 is 1.97. The second kappa shape index (κ2) is 8.77. The SMILES string of the molecule is C=CCn1c(S[C@@H](C)C(=O)c2ccc(CC)cc2)nnc1-c1ccncc1. The van der Waals surface area contributed by atoms with Crippen LogP contribution < -0.4 is 0 Å². The second-order valence-electron chi connectivity index (χ2n) is 6.12. The van der Waals surface area contributed by atoms with E-state index in [1.54, 1.807) is 18.5 Å². The van der Waals surface area contributed by atoms with Crippen LogP contribution in [-0.2, 0) is 13.0 Å². The lowest BCUT2D eigenvalue weighted by atomic mass is 10.1. The standard InChI is InChI=1S/C21H22N4OS/c1-4-14-25-20(18-10-12-22-13-11-18)23-24-21(25)27-15(3)19(26)17-8-6-16(5-2)7-9-17/h4,6-13,15H,1,5,14H2,2-3H3/t15-/m0/s1. The van der Waals surface area contributed by atoms with Crippen molar-refractivity contribution < 1.29 is 4.79 Å². The van der Waals surface area contributed by atoms with Gasteiger partial charge in [-0.1, -0.05) is 49.0 Å². The maximum atomic E-state index is 12.8. The average molecular weight is 379 g/mol. The van der Waals surface area contributed by atoms with Gasteiger partial charge in [0.05, 0.1) is 5.25 Å². The minimum absolute atomic E-state index is 0.0845. The van der Waals surface area contributed by atoms with E-state index in [0.717, 1.165) is 23.4 Å². The van der Waals surface area contributed by atoms with E-state index in [-0.39, 0.29) is 11.0 Å². The first kappa shape index (κ1) is 19.0. The van der Waals surface area contributed by atoms with E-state index in [4.69, 9.17) is 0 Å². The summed E-state index contributed by atoms with van der Waals surface area (Å²) in [5.41, 5.74) is 2.87. The van der Waals surface area contributed by atoms with Gasteiger partial charge in [-0.05, 0) is 31.0 Å². The molecule has 27 heavy (non-hydrogen) atoms. The summed E-state index contributed by atoms with van der Waals surface area (Å²) in [5, 5.41) is 9.06. The van der Waals surface area contributed by atoms with Crippen molar-refractivity contribution in [3.05, 3.63) is 72.6 Å². The minimum Gasteiger partial charge on any atom is -0.298 e. The van der Waals surface area contributed by atoms with Gasteiger partial charge in [0.2, 0.25) is 0 Å². The van der Waals surface area contributed by atoms with Gasteiger partial charge in [-0.25, -0.2) is 0 Å². The number of aromatic nitrogens is 4. The number of carbonyl (C=O) groups excluding carboxylic acids is 1. The zero-order valence-electron chi connectivity index (χ0n) is 15.5. The molecule has 3 aromatic rings. The summed E-state index contributed by atoms with van der Waals surface area (Å²) in [7, 11) is 0. The Morgan fingerprint density at radius 3 is 2.52 bits per heavy atom. The molecule has 3 rings (SSSR count). The van der Waals surface area contributed by atoms with Crippen LogP contribution in [0.1, 0.15) is 29.8 Å². The van der Waals surface area contributed by atoms with Gasteiger partial charge in [-0.2, -0.15) is 0 Å². The Kier molecular flexibility index (Phi) is 6.19. The lowest BCUT2D eigenvalue weighted by molar-refractivity contribution is 0.0994. The van der Waals surface area contributed by atoms with E-state index in [9.17, 15) is 4.79 Å². The van der Waals surface area contributed by atoms with Crippen molar-refractivity contribution in [2.24, 2.45) is 0 Å². The molecule has 138 valence electrons. The van der Waals surface area contributed by atoms with E-state index in [1.165, 1.54) is 17.3 Å². The zero-order valence-corrected chi connectivity index (χ0v) is 16.3. The molecular formula is C21H22N4OS. The monoisotopic (exact) mass is 378 g/mol. The molecule has 0 radical (unpaired) electrons. The van der Waals surface area contributed by atoms with Crippen molar-refractivity contribution in [2.75, 3.05) is 0 Å². The number of thioether (sulfide) groups is 1. The molecule has 2 aromatic heterocycles. The van der Waals surface area contributed by atoms with Crippen LogP contribution in [0.2, 0.25) is 0 Å². The molecule has 0 aliphatic rings. The Bertz CT molecular complexity index is 919. The molecular weight excluding hydrogens is 356 g/mol. The number of allylic oxidation sites excluding steroid dienone is 1. The number of nitrogens with zero attached hydrogens (tertiary/aromatic N) is 4. The van der Waals surface area contributed by atoms with Crippen LogP contribution in [0.4, 0.5) is 0 Å². The summed E-state index contributed by atoms with van der Waals surface area (Å²) in [4.78, 5) is 16.8. The third kappa shape index (κ3) is 4.34. The lowest BCUT2D eigenvalue weighted by Gasteiger charge is -2.12. The van der Waals surface area contributed by atoms with Gasteiger partial charge in [0, 0.05) is 30.1 Å². The molecule has 0 bridgehead atoms. The Morgan fingerprint density at radius 2 is 1.89 bits per heavy atom. The average Bonchev–Trinajstić information content (AvgIpc) is 3.10. The van der Waals surface area contributed by atoms with Crippen LogP contribution in [0.15, 0.2) is 66.6 Å². The van der Waals surface area contributed by atoms with Crippen LogP contribution in [0.25, 0.3) is 11.4 Å². The van der Waals surface area contributed by atoms with Crippen LogP contribution >= 0.6 is 11.8 Å². The van der Waals surface area contributed by atoms with Crippen LogP contribution in [0.3, 0.4) is 0 Å². The summed E-state index contributed by atoms with van der Waals surface area (Å²) in [6, 6.07) is 11.6. The molecule has 1 aromatic carbocycles. The largest absolute Gasteiger partial charge is 0.298 e. The highest BCUT2D eigenvalue weighted by molar-refractivity contribution is 8.00. The second-order valence-corrected chi connectivity index (χ2v) is 7.42. The highest BCUT2D eigenvalue weighted by atomic mass is 32.2. The molecule has 0 saturated heterocycles. The Labute approximate surface area is 163 Å². The number of hydrogen-bond donors (Lipinski definition) is 0. The Balaban J connectivity index is 1.82. The summed E-state index contributed by atoms with van der Waals surface area (Å²) in [6.07, 6.45) is 6.21. The van der Waals surface area contributed by atoms with Gasteiger partial charge >= 0.3 is 0 Å².